The van der Waals surface area contributed by atoms with E-state index in [1.54, 1.807) is 0 Å². The van der Waals surface area contributed by atoms with Crippen LogP contribution < -0.4 is 5.73 Å². The summed E-state index contributed by atoms with van der Waals surface area (Å²) in [5.41, 5.74) is 10.1. The first kappa shape index (κ1) is 16.3. The van der Waals surface area contributed by atoms with Crippen molar-refractivity contribution in [3.05, 3.63) is 69.7 Å². The van der Waals surface area contributed by atoms with Crippen LogP contribution >= 0.6 is 15.9 Å². The summed E-state index contributed by atoms with van der Waals surface area (Å²) >= 11 is 3.53. The molecule has 2 aromatic carbocycles. The minimum absolute atomic E-state index is 0.490. The van der Waals surface area contributed by atoms with E-state index in [9.17, 15) is 0 Å². The molecule has 0 aromatic heterocycles. The van der Waals surface area contributed by atoms with Gasteiger partial charge in [0, 0.05) is 4.47 Å². The molecule has 2 rings (SSSR count). The number of nitrogens with two attached hydrogens (primary N) is 1. The number of rotatable bonds is 6. The van der Waals surface area contributed by atoms with E-state index in [1.165, 1.54) is 16.7 Å². The second kappa shape index (κ2) is 7.77. The van der Waals surface area contributed by atoms with Crippen LogP contribution in [0.4, 0.5) is 0 Å². The fourth-order valence-electron chi connectivity index (χ4n) is 2.61. The van der Waals surface area contributed by atoms with Crippen molar-refractivity contribution >= 4 is 15.9 Å². The highest BCUT2D eigenvalue weighted by Crippen LogP contribution is 2.19. The summed E-state index contributed by atoms with van der Waals surface area (Å²) < 4.78 is 1.14. The molecule has 1 unspecified atom stereocenters. The van der Waals surface area contributed by atoms with Crippen molar-refractivity contribution in [2.75, 3.05) is 6.54 Å². The molecule has 2 aromatic rings. The molecule has 0 radical (unpaired) electrons. The van der Waals surface area contributed by atoms with E-state index in [0.717, 1.165) is 23.9 Å². The van der Waals surface area contributed by atoms with Gasteiger partial charge in [-0.1, -0.05) is 66.2 Å². The summed E-state index contributed by atoms with van der Waals surface area (Å²) in [5.74, 6) is 1.08. The summed E-state index contributed by atoms with van der Waals surface area (Å²) in [6.45, 7) is 5.17. The molecule has 0 aliphatic heterocycles. The molecule has 0 saturated heterocycles. The molecule has 21 heavy (non-hydrogen) atoms. The molecule has 0 fully saturated rings. The standard InChI is InChI=1S/C19H24BrN/c1-14(2)18-8-6-15(7-9-18)10-17(13-21)11-16-4-3-5-19(20)12-16/h3-9,12,14,17H,10-11,13,21H2,1-2H3. The summed E-state index contributed by atoms with van der Waals surface area (Å²) in [7, 11) is 0. The van der Waals surface area contributed by atoms with Crippen molar-refractivity contribution in [3.63, 3.8) is 0 Å². The van der Waals surface area contributed by atoms with Gasteiger partial charge in [0.15, 0.2) is 0 Å². The van der Waals surface area contributed by atoms with Gasteiger partial charge in [-0.3, -0.25) is 0 Å². The molecule has 2 N–H and O–H groups in total. The maximum atomic E-state index is 5.97. The first-order valence-corrected chi connectivity index (χ1v) is 8.41. The Balaban J connectivity index is 2.01. The quantitative estimate of drug-likeness (QED) is 0.788. The minimum Gasteiger partial charge on any atom is -0.330 e. The molecule has 0 aliphatic rings. The Morgan fingerprint density at radius 2 is 1.62 bits per heavy atom. The summed E-state index contributed by atoms with van der Waals surface area (Å²) in [6, 6.07) is 17.5. The Morgan fingerprint density at radius 3 is 2.19 bits per heavy atom. The molecule has 0 amide bonds. The van der Waals surface area contributed by atoms with Gasteiger partial charge in [0.2, 0.25) is 0 Å². The fourth-order valence-corrected chi connectivity index (χ4v) is 3.05. The lowest BCUT2D eigenvalue weighted by molar-refractivity contribution is 0.533. The summed E-state index contributed by atoms with van der Waals surface area (Å²) in [5, 5.41) is 0. The molecular weight excluding hydrogens is 322 g/mol. The topological polar surface area (TPSA) is 26.0 Å². The lowest BCUT2D eigenvalue weighted by Crippen LogP contribution is -2.19. The Labute approximate surface area is 136 Å². The molecule has 2 heteroatoms. The third-order valence-electron chi connectivity index (χ3n) is 3.92. The van der Waals surface area contributed by atoms with Crippen molar-refractivity contribution in [3.8, 4) is 0 Å². The molecule has 1 nitrogen and oxygen atoms in total. The second-order valence-electron chi connectivity index (χ2n) is 6.04. The van der Waals surface area contributed by atoms with Crippen molar-refractivity contribution in [1.29, 1.82) is 0 Å². The van der Waals surface area contributed by atoms with E-state index >= 15 is 0 Å². The molecule has 0 bridgehead atoms. The monoisotopic (exact) mass is 345 g/mol. The van der Waals surface area contributed by atoms with Crippen molar-refractivity contribution in [1.82, 2.24) is 0 Å². The van der Waals surface area contributed by atoms with Crippen LogP contribution in [0.5, 0.6) is 0 Å². The summed E-state index contributed by atoms with van der Waals surface area (Å²) in [4.78, 5) is 0. The van der Waals surface area contributed by atoms with Gasteiger partial charge >= 0.3 is 0 Å². The molecule has 112 valence electrons. The van der Waals surface area contributed by atoms with Crippen molar-refractivity contribution in [2.45, 2.75) is 32.6 Å². The van der Waals surface area contributed by atoms with Gasteiger partial charge in [-0.15, -0.1) is 0 Å². The number of hydrogen-bond donors (Lipinski definition) is 1. The zero-order chi connectivity index (χ0) is 15.2. The first-order valence-electron chi connectivity index (χ1n) is 7.62. The zero-order valence-electron chi connectivity index (χ0n) is 12.9. The maximum absolute atomic E-state index is 5.97. The highest BCUT2D eigenvalue weighted by atomic mass is 79.9. The lowest BCUT2D eigenvalue weighted by atomic mass is 9.91. The maximum Gasteiger partial charge on any atom is 0.0177 e. The van der Waals surface area contributed by atoms with E-state index in [4.69, 9.17) is 5.73 Å². The number of benzene rings is 2. The van der Waals surface area contributed by atoms with E-state index < -0.39 is 0 Å². The average Bonchev–Trinajstić information content (AvgIpc) is 2.47. The second-order valence-corrected chi connectivity index (χ2v) is 6.95. The average molecular weight is 346 g/mol. The largest absolute Gasteiger partial charge is 0.330 e. The van der Waals surface area contributed by atoms with Gasteiger partial charge in [0.05, 0.1) is 0 Å². The van der Waals surface area contributed by atoms with Crippen LogP contribution in [0.15, 0.2) is 53.0 Å². The molecule has 0 heterocycles. The van der Waals surface area contributed by atoms with Crippen LogP contribution in [0.2, 0.25) is 0 Å². The van der Waals surface area contributed by atoms with E-state index in [0.29, 0.717) is 11.8 Å². The van der Waals surface area contributed by atoms with Gasteiger partial charge in [-0.2, -0.15) is 0 Å². The normalized spacial score (nSPS) is 12.6. The zero-order valence-corrected chi connectivity index (χ0v) is 14.4. The molecular formula is C19H24BrN. The Hall–Kier alpha value is -1.12. The van der Waals surface area contributed by atoms with E-state index in [2.05, 4.69) is 78.3 Å². The van der Waals surface area contributed by atoms with Gasteiger partial charge in [-0.25, -0.2) is 0 Å². The van der Waals surface area contributed by atoms with E-state index in [1.807, 2.05) is 0 Å². The predicted molar refractivity (Wildman–Crippen MR) is 94.6 cm³/mol. The predicted octanol–water partition coefficient (Wildman–Crippen LogP) is 4.93. The van der Waals surface area contributed by atoms with Gasteiger partial charge in [0.25, 0.3) is 0 Å². The highest BCUT2D eigenvalue weighted by molar-refractivity contribution is 9.10. The fraction of sp³-hybridized carbons (Fsp3) is 0.368. The SMILES string of the molecule is CC(C)c1ccc(CC(CN)Cc2cccc(Br)c2)cc1. The van der Waals surface area contributed by atoms with Crippen LogP contribution in [-0.4, -0.2) is 6.54 Å². The first-order chi connectivity index (χ1) is 10.1. The molecule has 0 spiro atoms. The van der Waals surface area contributed by atoms with Crippen LogP contribution in [-0.2, 0) is 12.8 Å². The smallest absolute Gasteiger partial charge is 0.0177 e. The molecule has 0 saturated carbocycles. The third kappa shape index (κ3) is 4.98. The third-order valence-corrected chi connectivity index (χ3v) is 4.41. The van der Waals surface area contributed by atoms with Crippen LogP contribution in [0.25, 0.3) is 0 Å². The van der Waals surface area contributed by atoms with Crippen molar-refractivity contribution in [2.24, 2.45) is 11.7 Å². The van der Waals surface area contributed by atoms with E-state index in [-0.39, 0.29) is 0 Å². The van der Waals surface area contributed by atoms with Crippen molar-refractivity contribution < 1.29 is 0 Å². The lowest BCUT2D eigenvalue weighted by Gasteiger charge is -2.16. The van der Waals surface area contributed by atoms with Gasteiger partial charge < -0.3 is 5.73 Å². The van der Waals surface area contributed by atoms with Gasteiger partial charge in [0.1, 0.15) is 0 Å². The Morgan fingerprint density at radius 1 is 0.952 bits per heavy atom. The van der Waals surface area contributed by atoms with Crippen LogP contribution in [0, 0.1) is 5.92 Å². The number of hydrogen-bond acceptors (Lipinski definition) is 1. The van der Waals surface area contributed by atoms with Crippen LogP contribution in [0.1, 0.15) is 36.5 Å². The van der Waals surface area contributed by atoms with Gasteiger partial charge in [-0.05, 0) is 60.0 Å². The minimum atomic E-state index is 0.490. The Bertz CT molecular complexity index is 560. The van der Waals surface area contributed by atoms with Crippen LogP contribution in [0.3, 0.4) is 0 Å². The summed E-state index contributed by atoms with van der Waals surface area (Å²) in [6.07, 6.45) is 2.07. The highest BCUT2D eigenvalue weighted by Gasteiger charge is 2.10. The number of halogens is 1. The molecule has 1 atom stereocenters. The Kier molecular flexibility index (Phi) is 6.01. The molecule has 0 aliphatic carbocycles.